The summed E-state index contributed by atoms with van der Waals surface area (Å²) in [5, 5.41) is 0. The van der Waals surface area contributed by atoms with Gasteiger partial charge in [-0.05, 0) is 6.42 Å². The van der Waals surface area contributed by atoms with Gasteiger partial charge in [0.15, 0.2) is 0 Å². The van der Waals surface area contributed by atoms with Gasteiger partial charge in [0.05, 0.1) is 5.92 Å². The molecule has 1 rings (SSSR count). The summed E-state index contributed by atoms with van der Waals surface area (Å²) in [6.45, 7) is 0. The Labute approximate surface area is 78.4 Å². The zero-order valence-electron chi connectivity index (χ0n) is 7.77. The topological polar surface area (TPSA) is 72.5 Å². The van der Waals surface area contributed by atoms with Crippen LogP contribution in [0.2, 0.25) is 0 Å². The lowest BCUT2D eigenvalue weighted by Crippen LogP contribution is -2.18. The van der Waals surface area contributed by atoms with Crippen LogP contribution in [0.25, 0.3) is 0 Å². The van der Waals surface area contributed by atoms with Crippen LogP contribution >= 0.6 is 0 Å². The first-order chi connectivity index (χ1) is 5.88. The summed E-state index contributed by atoms with van der Waals surface area (Å²) in [6.07, 6.45) is 7.00. The van der Waals surface area contributed by atoms with Crippen LogP contribution in [0, 0.1) is 5.92 Å². The van der Waals surface area contributed by atoms with Gasteiger partial charge in [0, 0.05) is 28.3 Å². The Hall–Kier alpha value is -0.680. The van der Waals surface area contributed by atoms with Gasteiger partial charge in [-0.2, -0.15) is 4.36 Å². The van der Waals surface area contributed by atoms with E-state index in [2.05, 4.69) is 4.36 Å². The molecule has 0 saturated carbocycles. The van der Waals surface area contributed by atoms with Gasteiger partial charge in [0.2, 0.25) is 0 Å². The van der Waals surface area contributed by atoms with Gasteiger partial charge in [0.1, 0.15) is 0 Å². The molecule has 0 radical (unpaired) electrons. The molecule has 1 aliphatic rings. The van der Waals surface area contributed by atoms with Crippen LogP contribution in [0.5, 0.6) is 0 Å². The highest BCUT2D eigenvalue weighted by atomic mass is 32.2. The molecule has 13 heavy (non-hydrogen) atoms. The lowest BCUT2D eigenvalue weighted by atomic mass is 10.1. The van der Waals surface area contributed by atoms with Crippen molar-refractivity contribution in [1.82, 2.24) is 0 Å². The van der Waals surface area contributed by atoms with Crippen molar-refractivity contribution in [3.05, 3.63) is 12.2 Å². The van der Waals surface area contributed by atoms with Crippen molar-refractivity contribution in [2.24, 2.45) is 16.0 Å². The minimum absolute atomic E-state index is 0.0612. The predicted molar refractivity (Wildman–Crippen MR) is 52.6 cm³/mol. The third-order valence-electron chi connectivity index (χ3n) is 1.74. The van der Waals surface area contributed by atoms with Gasteiger partial charge < -0.3 is 5.73 Å². The number of amides is 1. The lowest BCUT2D eigenvalue weighted by molar-refractivity contribution is -0.120. The molecule has 0 aromatic heterocycles. The SMILES string of the molecule is CS(C)(=O)=NC(=O)C1C=CC(N)C1. The third kappa shape index (κ3) is 3.28. The Kier molecular flexibility index (Phi) is 2.87. The molecule has 2 N–H and O–H groups in total. The number of hydrogen-bond acceptors (Lipinski definition) is 3. The van der Waals surface area contributed by atoms with Crippen LogP contribution in [0.1, 0.15) is 6.42 Å². The third-order valence-corrected chi connectivity index (χ3v) is 2.36. The summed E-state index contributed by atoms with van der Waals surface area (Å²) in [5.74, 6) is -0.588. The Balaban J connectivity index is 2.72. The summed E-state index contributed by atoms with van der Waals surface area (Å²) in [7, 11) is -2.33. The summed E-state index contributed by atoms with van der Waals surface area (Å²) in [4.78, 5) is 11.4. The number of hydrogen-bond donors (Lipinski definition) is 1. The van der Waals surface area contributed by atoms with Crippen molar-refractivity contribution in [3.8, 4) is 0 Å². The summed E-state index contributed by atoms with van der Waals surface area (Å²) in [5.41, 5.74) is 5.57. The summed E-state index contributed by atoms with van der Waals surface area (Å²) >= 11 is 0. The van der Waals surface area contributed by atoms with Gasteiger partial charge in [-0.3, -0.25) is 4.79 Å². The lowest BCUT2D eigenvalue weighted by Gasteiger charge is -2.04. The number of nitrogens with zero attached hydrogens (tertiary/aromatic N) is 1. The largest absolute Gasteiger partial charge is 0.324 e. The predicted octanol–water partition coefficient (Wildman–Crippen LogP) is 0.144. The molecule has 0 bridgehead atoms. The number of rotatable bonds is 1. The first kappa shape index (κ1) is 10.4. The van der Waals surface area contributed by atoms with Crippen LogP contribution in [0.15, 0.2) is 16.5 Å². The van der Waals surface area contributed by atoms with E-state index in [-0.39, 0.29) is 17.9 Å². The maximum absolute atomic E-state index is 11.4. The van der Waals surface area contributed by atoms with E-state index in [4.69, 9.17) is 5.73 Å². The summed E-state index contributed by atoms with van der Waals surface area (Å²) in [6, 6.07) is -0.0612. The molecular weight excluding hydrogens is 188 g/mol. The van der Waals surface area contributed by atoms with Crippen LogP contribution in [-0.4, -0.2) is 28.7 Å². The second kappa shape index (κ2) is 3.59. The molecule has 4 nitrogen and oxygen atoms in total. The van der Waals surface area contributed by atoms with E-state index in [0.717, 1.165) is 0 Å². The Morgan fingerprint density at radius 2 is 2.15 bits per heavy atom. The molecule has 0 aliphatic heterocycles. The van der Waals surface area contributed by atoms with Crippen molar-refractivity contribution in [1.29, 1.82) is 0 Å². The van der Waals surface area contributed by atoms with E-state index in [1.54, 1.807) is 12.2 Å². The van der Waals surface area contributed by atoms with E-state index >= 15 is 0 Å². The van der Waals surface area contributed by atoms with Gasteiger partial charge in [-0.25, -0.2) is 4.21 Å². The van der Waals surface area contributed by atoms with Crippen LogP contribution in [-0.2, 0) is 14.5 Å². The minimum atomic E-state index is -2.33. The molecule has 74 valence electrons. The highest BCUT2D eigenvalue weighted by Crippen LogP contribution is 2.18. The molecule has 5 heteroatoms. The first-order valence-electron chi connectivity index (χ1n) is 4.03. The Morgan fingerprint density at radius 3 is 2.54 bits per heavy atom. The average Bonchev–Trinajstić information content (AvgIpc) is 2.31. The molecule has 0 aromatic carbocycles. The van der Waals surface area contributed by atoms with Crippen LogP contribution in [0.3, 0.4) is 0 Å². The molecule has 0 fully saturated rings. The van der Waals surface area contributed by atoms with Gasteiger partial charge in [-0.1, -0.05) is 12.2 Å². The quantitative estimate of drug-likeness (QED) is 0.615. The molecule has 0 spiro atoms. The minimum Gasteiger partial charge on any atom is -0.324 e. The van der Waals surface area contributed by atoms with Crippen molar-refractivity contribution < 1.29 is 9.00 Å². The zero-order chi connectivity index (χ0) is 10.1. The van der Waals surface area contributed by atoms with Gasteiger partial charge >= 0.3 is 0 Å². The molecule has 0 aromatic rings. The Bertz CT molecular complexity index is 345. The van der Waals surface area contributed by atoms with E-state index in [1.807, 2.05) is 0 Å². The molecule has 2 atom stereocenters. The highest BCUT2D eigenvalue weighted by Gasteiger charge is 2.22. The standard InChI is InChI=1S/C8H14N2O2S/c1-13(2,12)10-8(11)6-3-4-7(9)5-6/h3-4,6-7H,5,9H2,1-2H3. The van der Waals surface area contributed by atoms with Crippen molar-refractivity contribution >= 4 is 15.6 Å². The van der Waals surface area contributed by atoms with Gasteiger partial charge in [0.25, 0.3) is 5.91 Å². The van der Waals surface area contributed by atoms with Gasteiger partial charge in [-0.15, -0.1) is 0 Å². The fourth-order valence-corrected chi connectivity index (χ4v) is 1.76. The van der Waals surface area contributed by atoms with Crippen molar-refractivity contribution in [2.75, 3.05) is 12.5 Å². The first-order valence-corrected chi connectivity index (χ1v) is 6.36. The second-order valence-corrected chi connectivity index (χ2v) is 6.05. The molecule has 0 heterocycles. The number of nitrogens with two attached hydrogens (primary N) is 1. The van der Waals surface area contributed by atoms with E-state index in [9.17, 15) is 9.00 Å². The van der Waals surface area contributed by atoms with E-state index < -0.39 is 9.73 Å². The van der Waals surface area contributed by atoms with Crippen LogP contribution in [0.4, 0.5) is 0 Å². The number of carbonyl (C=O) groups is 1. The molecule has 1 amide bonds. The number of carbonyl (C=O) groups excluding carboxylic acids is 1. The van der Waals surface area contributed by atoms with Crippen molar-refractivity contribution in [2.45, 2.75) is 12.5 Å². The molecular formula is C8H14N2O2S. The normalized spacial score (nSPS) is 27.6. The molecule has 2 unspecified atom stereocenters. The zero-order valence-corrected chi connectivity index (χ0v) is 8.58. The van der Waals surface area contributed by atoms with Crippen LogP contribution < -0.4 is 5.73 Å². The highest BCUT2D eigenvalue weighted by molar-refractivity contribution is 7.92. The summed E-state index contributed by atoms with van der Waals surface area (Å²) < 4.78 is 14.8. The fourth-order valence-electron chi connectivity index (χ4n) is 1.19. The van der Waals surface area contributed by atoms with E-state index in [0.29, 0.717) is 6.42 Å². The smallest absolute Gasteiger partial charge is 0.260 e. The monoisotopic (exact) mass is 202 g/mol. The Morgan fingerprint density at radius 1 is 1.54 bits per heavy atom. The molecule has 1 aliphatic carbocycles. The average molecular weight is 202 g/mol. The second-order valence-electron chi connectivity index (χ2n) is 3.50. The van der Waals surface area contributed by atoms with E-state index in [1.165, 1.54) is 12.5 Å². The maximum Gasteiger partial charge on any atom is 0.260 e. The molecule has 0 saturated heterocycles. The maximum atomic E-state index is 11.4. The fraction of sp³-hybridized carbons (Fsp3) is 0.625. The van der Waals surface area contributed by atoms with Crippen molar-refractivity contribution in [3.63, 3.8) is 0 Å².